The van der Waals surface area contributed by atoms with Crippen LogP contribution in [0.15, 0.2) is 39.6 Å². The van der Waals surface area contributed by atoms with Crippen molar-refractivity contribution in [2.24, 2.45) is 5.92 Å². The second-order valence-electron chi connectivity index (χ2n) is 9.01. The molecule has 2 aromatic rings. The number of ether oxygens (including phenoxy) is 1. The molecule has 0 radical (unpaired) electrons. The highest BCUT2D eigenvalue weighted by Gasteiger charge is 2.37. The van der Waals surface area contributed by atoms with E-state index in [0.717, 1.165) is 12.2 Å². The molecule has 0 bridgehead atoms. The lowest BCUT2D eigenvalue weighted by atomic mass is 10.2. The van der Waals surface area contributed by atoms with E-state index in [9.17, 15) is 13.2 Å². The number of amides is 1. The molecular formula is C23H29ClN2O5S. The van der Waals surface area contributed by atoms with Gasteiger partial charge in [0.2, 0.25) is 10.0 Å². The Bertz CT molecular complexity index is 1110. The first kappa shape index (κ1) is 23.3. The van der Waals surface area contributed by atoms with Gasteiger partial charge in [0.25, 0.3) is 5.91 Å². The van der Waals surface area contributed by atoms with Crippen molar-refractivity contribution >= 4 is 27.5 Å². The molecule has 4 atom stereocenters. The molecule has 1 saturated carbocycles. The van der Waals surface area contributed by atoms with E-state index in [4.69, 9.17) is 20.8 Å². The molecule has 1 amide bonds. The molecule has 4 rings (SSSR count). The molecule has 0 spiro atoms. The molecule has 1 aromatic heterocycles. The number of rotatable bonds is 6. The van der Waals surface area contributed by atoms with Crippen LogP contribution in [0.2, 0.25) is 5.02 Å². The highest BCUT2D eigenvalue weighted by molar-refractivity contribution is 7.89. The summed E-state index contributed by atoms with van der Waals surface area (Å²) in [4.78, 5) is 14.5. The van der Waals surface area contributed by atoms with Gasteiger partial charge in [0.15, 0.2) is 0 Å². The van der Waals surface area contributed by atoms with Crippen molar-refractivity contribution in [1.29, 1.82) is 0 Å². The average Bonchev–Trinajstić information content (AvgIpc) is 3.27. The van der Waals surface area contributed by atoms with Crippen LogP contribution in [-0.4, -0.2) is 55.9 Å². The Morgan fingerprint density at radius 3 is 2.44 bits per heavy atom. The number of sulfonamides is 1. The van der Waals surface area contributed by atoms with Gasteiger partial charge in [0.05, 0.1) is 23.8 Å². The Labute approximate surface area is 194 Å². The smallest absolute Gasteiger partial charge is 0.254 e. The summed E-state index contributed by atoms with van der Waals surface area (Å²) in [6.45, 7) is 6.62. The number of carbonyl (C=O) groups is 1. The first-order valence-electron chi connectivity index (χ1n) is 10.9. The largest absolute Gasteiger partial charge is 0.464 e. The average molecular weight is 481 g/mol. The maximum atomic E-state index is 13.3. The molecule has 174 valence electrons. The van der Waals surface area contributed by atoms with Crippen LogP contribution in [0.4, 0.5) is 0 Å². The molecule has 0 N–H and O–H groups in total. The number of nitrogens with zero attached hydrogens (tertiary/aromatic N) is 2. The SMILES string of the molecule is CC1CN(S(=O)(=O)c2cc(C(=O)N(C)Cc3ccc(C4CC4C)o3)ccc2Cl)CC(C)O1. The van der Waals surface area contributed by atoms with Gasteiger partial charge in [-0.15, -0.1) is 0 Å². The molecule has 4 unspecified atom stereocenters. The van der Waals surface area contributed by atoms with E-state index in [1.165, 1.54) is 21.3 Å². The van der Waals surface area contributed by atoms with Crippen LogP contribution in [-0.2, 0) is 21.3 Å². The second kappa shape index (κ2) is 8.82. The predicted molar refractivity (Wildman–Crippen MR) is 121 cm³/mol. The minimum Gasteiger partial charge on any atom is -0.464 e. The van der Waals surface area contributed by atoms with Crippen molar-refractivity contribution < 1.29 is 22.4 Å². The summed E-state index contributed by atoms with van der Waals surface area (Å²) in [5, 5.41) is 0.0882. The number of halogens is 1. The Morgan fingerprint density at radius 2 is 1.81 bits per heavy atom. The third kappa shape index (κ3) is 4.73. The van der Waals surface area contributed by atoms with Gasteiger partial charge >= 0.3 is 0 Å². The quantitative estimate of drug-likeness (QED) is 0.621. The zero-order chi connectivity index (χ0) is 23.2. The minimum absolute atomic E-state index is 0.0669. The first-order chi connectivity index (χ1) is 15.1. The zero-order valence-corrected chi connectivity index (χ0v) is 20.3. The highest BCUT2D eigenvalue weighted by atomic mass is 35.5. The van der Waals surface area contributed by atoms with Crippen LogP contribution in [0.3, 0.4) is 0 Å². The molecule has 2 fully saturated rings. The molecule has 2 aliphatic rings. The van der Waals surface area contributed by atoms with Gasteiger partial charge in [0.1, 0.15) is 16.4 Å². The second-order valence-corrected chi connectivity index (χ2v) is 11.3. The fourth-order valence-corrected chi connectivity index (χ4v) is 6.31. The maximum absolute atomic E-state index is 13.3. The van der Waals surface area contributed by atoms with Gasteiger partial charge in [-0.2, -0.15) is 4.31 Å². The Kier molecular flexibility index (Phi) is 6.42. The van der Waals surface area contributed by atoms with Gasteiger partial charge in [0, 0.05) is 31.6 Å². The number of morpholine rings is 1. The summed E-state index contributed by atoms with van der Waals surface area (Å²) in [6.07, 6.45) is 0.685. The van der Waals surface area contributed by atoms with Crippen molar-refractivity contribution in [3.63, 3.8) is 0 Å². The topological polar surface area (TPSA) is 80.1 Å². The third-order valence-electron chi connectivity index (χ3n) is 6.08. The fraction of sp³-hybridized carbons (Fsp3) is 0.522. The minimum atomic E-state index is -3.87. The van der Waals surface area contributed by atoms with Crippen molar-refractivity contribution in [1.82, 2.24) is 9.21 Å². The van der Waals surface area contributed by atoms with Crippen molar-refractivity contribution in [2.45, 2.75) is 56.8 Å². The molecule has 1 aliphatic carbocycles. The number of carbonyl (C=O) groups excluding carboxylic acids is 1. The molecule has 32 heavy (non-hydrogen) atoms. The molecule has 9 heteroatoms. The van der Waals surface area contributed by atoms with E-state index in [1.54, 1.807) is 13.1 Å². The van der Waals surface area contributed by atoms with Gasteiger partial charge in [-0.1, -0.05) is 18.5 Å². The first-order valence-corrected chi connectivity index (χ1v) is 12.7. The lowest BCUT2D eigenvalue weighted by Gasteiger charge is -2.34. The van der Waals surface area contributed by atoms with Gasteiger partial charge in [-0.05, 0) is 56.5 Å². The lowest BCUT2D eigenvalue weighted by molar-refractivity contribution is -0.0440. The van der Waals surface area contributed by atoms with E-state index < -0.39 is 10.0 Å². The number of furan rings is 1. The normalized spacial score (nSPS) is 26.2. The van der Waals surface area contributed by atoms with Crippen molar-refractivity contribution in [2.75, 3.05) is 20.1 Å². The number of benzene rings is 1. The van der Waals surface area contributed by atoms with E-state index in [-0.39, 0.29) is 46.7 Å². The van der Waals surface area contributed by atoms with Crippen LogP contribution in [0.5, 0.6) is 0 Å². The van der Waals surface area contributed by atoms with E-state index >= 15 is 0 Å². The van der Waals surface area contributed by atoms with Crippen LogP contribution >= 0.6 is 11.6 Å². The Hall–Kier alpha value is -1.87. The van der Waals surface area contributed by atoms with E-state index in [2.05, 4.69) is 6.92 Å². The summed E-state index contributed by atoms with van der Waals surface area (Å²) in [5.41, 5.74) is 0.257. The summed E-state index contributed by atoms with van der Waals surface area (Å²) in [5.74, 6) is 2.47. The van der Waals surface area contributed by atoms with Gasteiger partial charge in [-0.3, -0.25) is 4.79 Å². The molecular weight excluding hydrogens is 452 g/mol. The molecule has 1 aliphatic heterocycles. The summed E-state index contributed by atoms with van der Waals surface area (Å²) in [6, 6.07) is 8.23. The van der Waals surface area contributed by atoms with Crippen LogP contribution in [0.1, 0.15) is 55.0 Å². The summed E-state index contributed by atoms with van der Waals surface area (Å²) < 4.78 is 39.5. The molecule has 2 heterocycles. The van der Waals surface area contributed by atoms with Gasteiger partial charge < -0.3 is 14.1 Å². The standard InChI is InChI=1S/C23H29ClN2O5S/c1-14-9-19(14)21-8-6-18(31-21)13-25(4)23(27)17-5-7-20(24)22(10-17)32(28,29)26-11-15(2)30-16(3)12-26/h5-8,10,14-16,19H,9,11-13H2,1-4H3. The molecule has 1 aromatic carbocycles. The van der Waals surface area contributed by atoms with E-state index in [0.29, 0.717) is 24.1 Å². The van der Waals surface area contributed by atoms with Crippen LogP contribution in [0.25, 0.3) is 0 Å². The van der Waals surface area contributed by atoms with Crippen LogP contribution < -0.4 is 0 Å². The Morgan fingerprint density at radius 1 is 1.16 bits per heavy atom. The predicted octanol–water partition coefficient (Wildman–Crippen LogP) is 4.13. The Balaban J connectivity index is 1.52. The number of hydrogen-bond donors (Lipinski definition) is 0. The monoisotopic (exact) mass is 480 g/mol. The summed E-state index contributed by atoms with van der Waals surface area (Å²) >= 11 is 6.26. The zero-order valence-electron chi connectivity index (χ0n) is 18.7. The van der Waals surface area contributed by atoms with Crippen LogP contribution in [0, 0.1) is 5.92 Å². The molecule has 1 saturated heterocycles. The summed E-state index contributed by atoms with van der Waals surface area (Å²) in [7, 11) is -2.21. The highest BCUT2D eigenvalue weighted by Crippen LogP contribution is 2.47. The lowest BCUT2D eigenvalue weighted by Crippen LogP contribution is -2.48. The van der Waals surface area contributed by atoms with Crippen molar-refractivity contribution in [3.05, 3.63) is 52.4 Å². The third-order valence-corrected chi connectivity index (χ3v) is 8.39. The maximum Gasteiger partial charge on any atom is 0.254 e. The molecule has 7 nitrogen and oxygen atoms in total. The van der Waals surface area contributed by atoms with E-state index in [1.807, 2.05) is 26.0 Å². The fourth-order valence-electron chi connectivity index (χ4n) is 4.22. The van der Waals surface area contributed by atoms with Crippen molar-refractivity contribution in [3.8, 4) is 0 Å². The number of hydrogen-bond acceptors (Lipinski definition) is 5. The van der Waals surface area contributed by atoms with Gasteiger partial charge in [-0.25, -0.2) is 8.42 Å².